The van der Waals surface area contributed by atoms with Gasteiger partial charge in [-0.25, -0.2) is 4.98 Å². The van der Waals surface area contributed by atoms with Crippen molar-refractivity contribution in [3.05, 3.63) is 23.9 Å². The molecule has 0 aliphatic heterocycles. The van der Waals surface area contributed by atoms with E-state index in [1.807, 2.05) is 6.07 Å². The van der Waals surface area contributed by atoms with Gasteiger partial charge in [-0.15, -0.1) is 0 Å². The van der Waals surface area contributed by atoms with Gasteiger partial charge in [-0.2, -0.15) is 5.26 Å². The molecule has 1 aromatic heterocycles. The third-order valence-electron chi connectivity index (χ3n) is 1.74. The van der Waals surface area contributed by atoms with Crippen LogP contribution in [0.15, 0.2) is 23.4 Å². The zero-order valence-corrected chi connectivity index (χ0v) is 9.21. The van der Waals surface area contributed by atoms with Crippen molar-refractivity contribution in [2.45, 2.75) is 23.6 Å². The summed E-state index contributed by atoms with van der Waals surface area (Å²) in [4.78, 5) is 14.9. The van der Waals surface area contributed by atoms with Gasteiger partial charge in [0.05, 0.1) is 16.7 Å². The molecular weight excluding hydrogens is 212 g/mol. The number of carboxylic acid groups (broad SMARTS) is 1. The van der Waals surface area contributed by atoms with Crippen molar-refractivity contribution in [3.63, 3.8) is 0 Å². The van der Waals surface area contributed by atoms with Crippen molar-refractivity contribution in [2.24, 2.45) is 0 Å². The summed E-state index contributed by atoms with van der Waals surface area (Å²) in [6.45, 7) is 3.20. The van der Waals surface area contributed by atoms with E-state index in [2.05, 4.69) is 4.98 Å². The van der Waals surface area contributed by atoms with Crippen LogP contribution in [0.4, 0.5) is 0 Å². The summed E-state index contributed by atoms with van der Waals surface area (Å²) < 4.78 is -0.943. The van der Waals surface area contributed by atoms with Crippen molar-refractivity contribution in [2.75, 3.05) is 0 Å². The summed E-state index contributed by atoms with van der Waals surface area (Å²) in [5, 5.41) is 18.1. The summed E-state index contributed by atoms with van der Waals surface area (Å²) in [6.07, 6.45) is 1.50. The van der Waals surface area contributed by atoms with E-state index in [9.17, 15) is 4.79 Å². The van der Waals surface area contributed by atoms with E-state index in [-0.39, 0.29) is 0 Å². The summed E-state index contributed by atoms with van der Waals surface area (Å²) in [6, 6.07) is 5.14. The maximum atomic E-state index is 10.9. The minimum absolute atomic E-state index is 0.480. The number of thioether (sulfide) groups is 1. The summed E-state index contributed by atoms with van der Waals surface area (Å²) in [7, 11) is 0. The average Bonchev–Trinajstić information content (AvgIpc) is 2.17. The highest BCUT2D eigenvalue weighted by Gasteiger charge is 2.29. The highest BCUT2D eigenvalue weighted by atomic mass is 32.2. The topological polar surface area (TPSA) is 74.0 Å². The van der Waals surface area contributed by atoms with Gasteiger partial charge in [0.2, 0.25) is 0 Å². The van der Waals surface area contributed by atoms with E-state index < -0.39 is 10.7 Å². The van der Waals surface area contributed by atoms with E-state index in [4.69, 9.17) is 10.4 Å². The summed E-state index contributed by atoms with van der Waals surface area (Å²) in [5.41, 5.74) is 0.480. The predicted octanol–water partition coefficient (Wildman–Crippen LogP) is 1.91. The van der Waals surface area contributed by atoms with Crippen LogP contribution < -0.4 is 0 Å². The number of aromatic nitrogens is 1. The number of hydrogen-bond acceptors (Lipinski definition) is 4. The second-order valence-electron chi connectivity index (χ2n) is 3.41. The van der Waals surface area contributed by atoms with E-state index in [0.29, 0.717) is 10.6 Å². The van der Waals surface area contributed by atoms with Gasteiger partial charge in [-0.3, -0.25) is 4.79 Å². The molecule has 0 aliphatic carbocycles. The normalized spacial score (nSPS) is 10.7. The lowest BCUT2D eigenvalue weighted by atomic mass is 10.2. The maximum Gasteiger partial charge on any atom is 0.319 e. The predicted molar refractivity (Wildman–Crippen MR) is 56.5 cm³/mol. The van der Waals surface area contributed by atoms with Crippen molar-refractivity contribution in [1.29, 1.82) is 5.26 Å². The first-order valence-corrected chi connectivity index (χ1v) is 5.06. The Morgan fingerprint density at radius 3 is 2.87 bits per heavy atom. The third-order valence-corrected chi connectivity index (χ3v) is 2.86. The molecule has 5 heteroatoms. The molecule has 1 N–H and O–H groups in total. The molecule has 1 heterocycles. The zero-order valence-electron chi connectivity index (χ0n) is 8.39. The smallest absolute Gasteiger partial charge is 0.319 e. The fourth-order valence-electron chi connectivity index (χ4n) is 0.840. The quantitative estimate of drug-likeness (QED) is 0.791. The fourth-order valence-corrected chi connectivity index (χ4v) is 1.75. The second kappa shape index (κ2) is 4.32. The van der Waals surface area contributed by atoms with Crippen molar-refractivity contribution in [3.8, 4) is 6.07 Å². The van der Waals surface area contributed by atoms with Crippen LogP contribution in [0.2, 0.25) is 0 Å². The van der Waals surface area contributed by atoms with Crippen LogP contribution in [0.1, 0.15) is 19.4 Å². The molecule has 0 atom stereocenters. The molecule has 0 spiro atoms. The van der Waals surface area contributed by atoms with Crippen molar-refractivity contribution >= 4 is 17.7 Å². The Bertz CT molecular complexity index is 424. The summed E-state index contributed by atoms with van der Waals surface area (Å²) in [5.74, 6) is -0.906. The lowest BCUT2D eigenvalue weighted by Gasteiger charge is -2.17. The van der Waals surface area contributed by atoms with Gasteiger partial charge >= 0.3 is 5.97 Å². The first kappa shape index (κ1) is 11.5. The molecule has 0 saturated heterocycles. The lowest BCUT2D eigenvalue weighted by Crippen LogP contribution is -2.27. The fraction of sp³-hybridized carbons (Fsp3) is 0.300. The third kappa shape index (κ3) is 2.96. The van der Waals surface area contributed by atoms with Crippen molar-refractivity contribution < 1.29 is 9.90 Å². The van der Waals surface area contributed by atoms with Crippen LogP contribution in [-0.4, -0.2) is 20.8 Å². The van der Waals surface area contributed by atoms with E-state index >= 15 is 0 Å². The molecule has 1 rings (SSSR count). The molecule has 0 aliphatic rings. The minimum atomic E-state index is -0.943. The Balaban J connectivity index is 2.91. The van der Waals surface area contributed by atoms with Gasteiger partial charge in [0.1, 0.15) is 4.75 Å². The molecular formula is C10H10N2O2S. The first-order chi connectivity index (χ1) is 6.95. The van der Waals surface area contributed by atoms with E-state index in [0.717, 1.165) is 11.8 Å². The molecule has 0 amide bonds. The number of rotatable bonds is 3. The molecule has 0 fully saturated rings. The van der Waals surface area contributed by atoms with E-state index in [1.54, 1.807) is 26.0 Å². The van der Waals surface area contributed by atoms with Crippen LogP contribution in [0, 0.1) is 11.3 Å². The van der Waals surface area contributed by atoms with Crippen LogP contribution >= 0.6 is 11.8 Å². The van der Waals surface area contributed by atoms with Gasteiger partial charge in [0.25, 0.3) is 0 Å². The Hall–Kier alpha value is -1.54. The molecule has 4 nitrogen and oxygen atoms in total. The Morgan fingerprint density at radius 2 is 2.33 bits per heavy atom. The number of hydrogen-bond donors (Lipinski definition) is 1. The number of nitriles is 1. The second-order valence-corrected chi connectivity index (χ2v) is 5.06. The number of nitrogens with zero attached hydrogens (tertiary/aromatic N) is 2. The van der Waals surface area contributed by atoms with E-state index in [1.165, 1.54) is 6.20 Å². The standard InChI is InChI=1S/C10H10N2O2S/c1-10(2,9(13)14)15-8-5-7(6-11)3-4-12-8/h3-5H,1-2H3,(H,13,14). The number of carboxylic acids is 1. The molecule has 78 valence electrons. The molecule has 0 radical (unpaired) electrons. The molecule has 0 unspecified atom stereocenters. The van der Waals surface area contributed by atoms with Gasteiger partial charge in [-0.05, 0) is 26.0 Å². The minimum Gasteiger partial charge on any atom is -0.480 e. The molecule has 0 bridgehead atoms. The number of pyridine rings is 1. The lowest BCUT2D eigenvalue weighted by molar-refractivity contribution is -0.138. The van der Waals surface area contributed by atoms with Gasteiger partial charge in [0.15, 0.2) is 0 Å². The monoisotopic (exact) mass is 222 g/mol. The number of aliphatic carboxylic acids is 1. The highest BCUT2D eigenvalue weighted by molar-refractivity contribution is 8.01. The zero-order chi connectivity index (χ0) is 11.5. The molecule has 0 saturated carbocycles. The summed E-state index contributed by atoms with van der Waals surface area (Å²) >= 11 is 1.12. The van der Waals surface area contributed by atoms with Crippen LogP contribution in [0.5, 0.6) is 0 Å². The number of carbonyl (C=O) groups is 1. The molecule has 15 heavy (non-hydrogen) atoms. The SMILES string of the molecule is CC(C)(Sc1cc(C#N)ccn1)C(=O)O. The highest BCUT2D eigenvalue weighted by Crippen LogP contribution is 2.31. The van der Waals surface area contributed by atoms with Crippen molar-refractivity contribution in [1.82, 2.24) is 4.98 Å². The maximum absolute atomic E-state index is 10.9. The van der Waals surface area contributed by atoms with Gasteiger partial charge in [-0.1, -0.05) is 11.8 Å². The van der Waals surface area contributed by atoms with Gasteiger partial charge < -0.3 is 5.11 Å². The first-order valence-electron chi connectivity index (χ1n) is 4.24. The van der Waals surface area contributed by atoms with Crippen LogP contribution in [-0.2, 0) is 4.79 Å². The van der Waals surface area contributed by atoms with Gasteiger partial charge in [0, 0.05) is 6.20 Å². The Morgan fingerprint density at radius 1 is 1.67 bits per heavy atom. The van der Waals surface area contributed by atoms with Crippen LogP contribution in [0.3, 0.4) is 0 Å². The van der Waals surface area contributed by atoms with Crippen LogP contribution in [0.25, 0.3) is 0 Å². The Kier molecular flexibility index (Phi) is 3.32. The molecule has 0 aromatic carbocycles. The Labute approximate surface area is 91.9 Å². The average molecular weight is 222 g/mol. The molecule has 1 aromatic rings. The largest absolute Gasteiger partial charge is 0.480 e.